The van der Waals surface area contributed by atoms with Crippen molar-refractivity contribution in [3.8, 4) is 5.75 Å². The molecule has 0 aliphatic carbocycles. The van der Waals surface area contributed by atoms with Crippen LogP contribution in [0.3, 0.4) is 0 Å². The van der Waals surface area contributed by atoms with Crippen molar-refractivity contribution in [2.45, 2.75) is 39.5 Å². The summed E-state index contributed by atoms with van der Waals surface area (Å²) in [6, 6.07) is 8.20. The van der Waals surface area contributed by atoms with E-state index in [1.807, 2.05) is 12.1 Å². The van der Waals surface area contributed by atoms with Crippen molar-refractivity contribution in [1.82, 2.24) is 10.6 Å². The summed E-state index contributed by atoms with van der Waals surface area (Å²) in [4.78, 5) is 4.62. The van der Waals surface area contributed by atoms with E-state index in [2.05, 4.69) is 41.6 Å². The van der Waals surface area contributed by atoms with Crippen molar-refractivity contribution < 1.29 is 14.2 Å². The lowest BCUT2D eigenvalue weighted by Gasteiger charge is -2.11. The quantitative estimate of drug-likeness (QED) is 0.279. The molecular weight excluding hydrogens is 342 g/mol. The highest BCUT2D eigenvalue weighted by Crippen LogP contribution is 2.13. The number of aryl methyl sites for hydroxylation is 1. The van der Waals surface area contributed by atoms with E-state index in [4.69, 9.17) is 14.2 Å². The van der Waals surface area contributed by atoms with Gasteiger partial charge in [0.25, 0.3) is 0 Å². The number of benzene rings is 1. The van der Waals surface area contributed by atoms with Crippen LogP contribution < -0.4 is 15.4 Å². The van der Waals surface area contributed by atoms with Crippen LogP contribution >= 0.6 is 0 Å². The molecule has 0 radical (unpaired) electrons. The summed E-state index contributed by atoms with van der Waals surface area (Å²) in [5.41, 5.74) is 1.28. The summed E-state index contributed by atoms with van der Waals surface area (Å²) in [5.74, 6) is 1.74. The van der Waals surface area contributed by atoms with Crippen molar-refractivity contribution >= 4 is 5.96 Å². The molecule has 1 aromatic carbocycles. The molecule has 27 heavy (non-hydrogen) atoms. The molecule has 0 spiro atoms. The Balaban J connectivity index is 2.16. The molecule has 0 amide bonds. The topological polar surface area (TPSA) is 64.1 Å². The molecule has 0 saturated heterocycles. The number of nitrogens with one attached hydrogen (secondary N) is 2. The second-order valence-electron chi connectivity index (χ2n) is 6.22. The lowest BCUT2D eigenvalue weighted by atomic mass is 10.1. The van der Waals surface area contributed by atoms with Crippen LogP contribution in [-0.2, 0) is 15.9 Å². The Morgan fingerprint density at radius 3 is 2.56 bits per heavy atom. The summed E-state index contributed by atoms with van der Waals surface area (Å²) >= 11 is 0. The maximum atomic E-state index is 5.57. The number of aliphatic imine (C=N–C) groups is 1. The van der Waals surface area contributed by atoms with E-state index in [1.165, 1.54) is 5.56 Å². The Kier molecular flexibility index (Phi) is 14.1. The van der Waals surface area contributed by atoms with E-state index >= 15 is 0 Å². The molecule has 0 bridgehead atoms. The Morgan fingerprint density at radius 2 is 1.81 bits per heavy atom. The molecule has 0 unspecified atom stereocenters. The predicted molar refractivity (Wildman–Crippen MR) is 112 cm³/mol. The number of nitrogens with zero attached hydrogens (tertiary/aromatic N) is 1. The average molecular weight is 380 g/mol. The van der Waals surface area contributed by atoms with Crippen molar-refractivity contribution in [3.63, 3.8) is 0 Å². The molecular formula is C21H37N3O3. The molecule has 0 fully saturated rings. The lowest BCUT2D eigenvalue weighted by molar-refractivity contribution is 0.0487. The Labute approximate surface area is 164 Å². The smallest absolute Gasteiger partial charge is 0.191 e. The summed E-state index contributed by atoms with van der Waals surface area (Å²) in [6.07, 6.45) is 4.26. The fraction of sp³-hybridized carbons (Fsp3) is 0.667. The van der Waals surface area contributed by atoms with Gasteiger partial charge in [0.15, 0.2) is 5.96 Å². The molecule has 0 heterocycles. The number of ether oxygens (including phenoxy) is 3. The van der Waals surface area contributed by atoms with Gasteiger partial charge in [-0.1, -0.05) is 25.5 Å². The second-order valence-corrected chi connectivity index (χ2v) is 6.22. The molecule has 6 heteroatoms. The van der Waals surface area contributed by atoms with Gasteiger partial charge in [-0.3, -0.25) is 4.99 Å². The minimum absolute atomic E-state index is 0.639. The second kappa shape index (κ2) is 16.4. The molecule has 0 saturated carbocycles. The molecule has 0 aromatic heterocycles. The largest absolute Gasteiger partial charge is 0.497 e. The number of rotatable bonds is 15. The molecule has 0 aliphatic rings. The van der Waals surface area contributed by atoms with Crippen molar-refractivity contribution in [3.05, 3.63) is 29.8 Å². The Morgan fingerprint density at radius 1 is 1.00 bits per heavy atom. The zero-order valence-electron chi connectivity index (χ0n) is 17.3. The SMILES string of the molecule is CCCCOCCOCCNC(=NCCCc1cccc(OC)c1)NCC. The summed E-state index contributed by atoms with van der Waals surface area (Å²) in [5, 5.41) is 6.57. The first-order valence-electron chi connectivity index (χ1n) is 10.1. The van der Waals surface area contributed by atoms with Crippen LogP contribution in [0.2, 0.25) is 0 Å². The van der Waals surface area contributed by atoms with Crippen LogP contribution in [0.15, 0.2) is 29.3 Å². The molecule has 1 aromatic rings. The molecule has 0 aliphatic heterocycles. The van der Waals surface area contributed by atoms with E-state index < -0.39 is 0 Å². The number of unbranched alkanes of at least 4 members (excludes halogenated alkanes) is 1. The summed E-state index contributed by atoms with van der Waals surface area (Å²) < 4.78 is 16.3. The molecule has 0 atom stereocenters. The average Bonchev–Trinajstić information content (AvgIpc) is 2.70. The van der Waals surface area contributed by atoms with Gasteiger partial charge < -0.3 is 24.8 Å². The Bertz CT molecular complexity index is 509. The van der Waals surface area contributed by atoms with Crippen LogP contribution in [0.4, 0.5) is 0 Å². The van der Waals surface area contributed by atoms with E-state index in [0.29, 0.717) is 19.8 Å². The monoisotopic (exact) mass is 379 g/mol. The normalized spacial score (nSPS) is 11.4. The zero-order chi connectivity index (χ0) is 19.6. The zero-order valence-corrected chi connectivity index (χ0v) is 17.3. The molecule has 154 valence electrons. The third-order valence-corrected chi connectivity index (χ3v) is 3.92. The first kappa shape index (κ1) is 23.2. The van der Waals surface area contributed by atoms with E-state index in [1.54, 1.807) is 7.11 Å². The highest BCUT2D eigenvalue weighted by molar-refractivity contribution is 5.79. The fourth-order valence-electron chi connectivity index (χ4n) is 2.45. The van der Waals surface area contributed by atoms with Crippen LogP contribution in [-0.4, -0.2) is 59.1 Å². The fourth-order valence-corrected chi connectivity index (χ4v) is 2.45. The standard InChI is InChI=1S/C21H37N3O3/c1-4-6-14-26-16-17-27-15-13-24-21(22-5-2)23-12-8-10-19-9-7-11-20(18-19)25-3/h7,9,11,18H,4-6,8,10,12-17H2,1-3H3,(H2,22,23,24). The van der Waals surface area contributed by atoms with Crippen molar-refractivity contribution in [2.75, 3.05) is 53.2 Å². The van der Waals surface area contributed by atoms with E-state index in [9.17, 15) is 0 Å². The molecule has 1 rings (SSSR count). The third kappa shape index (κ3) is 12.3. The third-order valence-electron chi connectivity index (χ3n) is 3.92. The highest BCUT2D eigenvalue weighted by Gasteiger charge is 1.99. The molecule has 2 N–H and O–H groups in total. The highest BCUT2D eigenvalue weighted by atomic mass is 16.5. The van der Waals surface area contributed by atoms with Gasteiger partial charge in [0.2, 0.25) is 0 Å². The van der Waals surface area contributed by atoms with E-state index in [-0.39, 0.29) is 0 Å². The maximum Gasteiger partial charge on any atom is 0.191 e. The van der Waals surface area contributed by atoms with Gasteiger partial charge in [-0.25, -0.2) is 0 Å². The number of guanidine groups is 1. The van der Waals surface area contributed by atoms with Gasteiger partial charge >= 0.3 is 0 Å². The number of methoxy groups -OCH3 is 1. The van der Waals surface area contributed by atoms with Crippen LogP contribution in [0.25, 0.3) is 0 Å². The van der Waals surface area contributed by atoms with Gasteiger partial charge in [0.05, 0.1) is 26.9 Å². The minimum atomic E-state index is 0.639. The predicted octanol–water partition coefficient (Wildman–Crippen LogP) is 3.02. The van der Waals surface area contributed by atoms with Crippen LogP contribution in [0.5, 0.6) is 5.75 Å². The summed E-state index contributed by atoms with van der Waals surface area (Å²) in [6.45, 7) is 9.35. The summed E-state index contributed by atoms with van der Waals surface area (Å²) in [7, 11) is 1.70. The van der Waals surface area contributed by atoms with Gasteiger partial charge in [0.1, 0.15) is 5.75 Å². The minimum Gasteiger partial charge on any atom is -0.497 e. The van der Waals surface area contributed by atoms with Gasteiger partial charge in [0, 0.05) is 26.2 Å². The van der Waals surface area contributed by atoms with Gasteiger partial charge in [-0.2, -0.15) is 0 Å². The van der Waals surface area contributed by atoms with Crippen LogP contribution in [0.1, 0.15) is 38.7 Å². The van der Waals surface area contributed by atoms with Crippen molar-refractivity contribution in [1.29, 1.82) is 0 Å². The van der Waals surface area contributed by atoms with Gasteiger partial charge in [-0.15, -0.1) is 0 Å². The lowest BCUT2D eigenvalue weighted by Crippen LogP contribution is -2.39. The van der Waals surface area contributed by atoms with E-state index in [0.717, 1.165) is 63.6 Å². The first-order chi connectivity index (χ1) is 13.3. The van der Waals surface area contributed by atoms with Crippen LogP contribution in [0, 0.1) is 0 Å². The van der Waals surface area contributed by atoms with Gasteiger partial charge in [-0.05, 0) is 43.9 Å². The Hall–Kier alpha value is -1.79. The first-order valence-corrected chi connectivity index (χ1v) is 10.1. The van der Waals surface area contributed by atoms with Crippen molar-refractivity contribution in [2.24, 2.45) is 4.99 Å². The molecule has 6 nitrogen and oxygen atoms in total. The number of hydrogen-bond acceptors (Lipinski definition) is 4. The maximum absolute atomic E-state index is 5.57. The number of hydrogen-bond donors (Lipinski definition) is 2.